The van der Waals surface area contributed by atoms with Crippen LogP contribution in [0.4, 0.5) is 4.79 Å². The molecule has 76 valence electrons. The summed E-state index contributed by atoms with van der Waals surface area (Å²) in [6.45, 7) is 1.14. The van der Waals surface area contributed by atoms with E-state index in [0.717, 1.165) is 12.8 Å². The van der Waals surface area contributed by atoms with E-state index in [1.165, 1.54) is 4.90 Å². The molecule has 0 aromatic rings. The Morgan fingerprint density at radius 2 is 2.29 bits per heavy atom. The van der Waals surface area contributed by atoms with Crippen LogP contribution >= 0.6 is 0 Å². The minimum Gasteiger partial charge on any atom is -0.465 e. The molecule has 1 aliphatic carbocycles. The monoisotopic (exact) mass is 196 g/mol. The summed E-state index contributed by atoms with van der Waals surface area (Å²) in [5.74, 6) is 0.656. The number of likely N-dealkylation sites (tertiary alicyclic amines) is 1. The molecule has 6 nitrogen and oxygen atoms in total. The van der Waals surface area contributed by atoms with Crippen molar-refractivity contribution in [2.24, 2.45) is 17.0 Å². The first-order valence-corrected chi connectivity index (χ1v) is 4.74. The Bertz CT molecular complexity index is 300. The molecule has 2 rings (SSSR count). The summed E-state index contributed by atoms with van der Waals surface area (Å²) in [6, 6.07) is 0.00866. The molecule has 0 bridgehead atoms. The molecular formula is C8H12N4O2. The van der Waals surface area contributed by atoms with Crippen LogP contribution in [0.3, 0.4) is 0 Å². The van der Waals surface area contributed by atoms with Crippen LogP contribution in [0.1, 0.15) is 12.8 Å². The number of amides is 1. The minimum atomic E-state index is -0.862. The Kier molecular flexibility index (Phi) is 2.21. The summed E-state index contributed by atoms with van der Waals surface area (Å²) in [7, 11) is 0. The van der Waals surface area contributed by atoms with Gasteiger partial charge in [-0.3, -0.25) is 0 Å². The molecule has 1 aliphatic heterocycles. The van der Waals surface area contributed by atoms with Crippen LogP contribution in [0, 0.1) is 11.8 Å². The van der Waals surface area contributed by atoms with E-state index in [1.807, 2.05) is 0 Å². The predicted octanol–water partition coefficient (Wildman–Crippen LogP) is 1.69. The summed E-state index contributed by atoms with van der Waals surface area (Å²) in [5.41, 5.74) is 8.35. The predicted molar refractivity (Wildman–Crippen MR) is 48.7 cm³/mol. The van der Waals surface area contributed by atoms with Crippen molar-refractivity contribution in [2.45, 2.75) is 18.9 Å². The Hall–Kier alpha value is -1.42. The highest BCUT2D eigenvalue weighted by Crippen LogP contribution is 2.39. The number of carboxylic acid groups (broad SMARTS) is 1. The van der Waals surface area contributed by atoms with Gasteiger partial charge in [0.05, 0.1) is 0 Å². The number of azide groups is 1. The van der Waals surface area contributed by atoms with Gasteiger partial charge in [-0.15, -0.1) is 0 Å². The van der Waals surface area contributed by atoms with Crippen molar-refractivity contribution in [3.05, 3.63) is 10.4 Å². The summed E-state index contributed by atoms with van der Waals surface area (Å²) in [6.07, 6.45) is 1.03. The van der Waals surface area contributed by atoms with Crippen LogP contribution in [0.5, 0.6) is 0 Å². The van der Waals surface area contributed by atoms with Gasteiger partial charge in [-0.05, 0) is 30.2 Å². The lowest BCUT2D eigenvalue weighted by Gasteiger charge is -2.14. The number of hydrogen-bond acceptors (Lipinski definition) is 2. The van der Waals surface area contributed by atoms with Crippen LogP contribution in [-0.4, -0.2) is 35.2 Å². The van der Waals surface area contributed by atoms with Gasteiger partial charge >= 0.3 is 6.09 Å². The normalized spacial score (nSPS) is 35.1. The van der Waals surface area contributed by atoms with Gasteiger partial charge in [0.25, 0.3) is 0 Å². The minimum absolute atomic E-state index is 0.00866. The molecule has 1 N–H and O–H groups in total. The maximum atomic E-state index is 10.7. The molecule has 3 atom stereocenters. The number of hydrogen-bond donors (Lipinski definition) is 1. The van der Waals surface area contributed by atoms with Gasteiger partial charge in [-0.2, -0.15) is 0 Å². The Morgan fingerprint density at radius 1 is 1.50 bits per heavy atom. The molecule has 1 saturated carbocycles. The summed E-state index contributed by atoms with van der Waals surface area (Å²) in [5, 5.41) is 12.5. The maximum absolute atomic E-state index is 10.7. The van der Waals surface area contributed by atoms with Gasteiger partial charge < -0.3 is 10.0 Å². The molecular weight excluding hydrogens is 184 g/mol. The SMILES string of the molecule is [N-]=[N+]=N[C@@H]1CC[C@H]2CN(C(=O)O)C[C@H]21. The smallest absolute Gasteiger partial charge is 0.407 e. The summed E-state index contributed by atoms with van der Waals surface area (Å²) < 4.78 is 0. The zero-order valence-corrected chi connectivity index (χ0v) is 7.70. The van der Waals surface area contributed by atoms with E-state index in [1.54, 1.807) is 0 Å². The molecule has 0 aromatic carbocycles. The molecule has 0 unspecified atom stereocenters. The fraction of sp³-hybridized carbons (Fsp3) is 0.875. The first-order valence-electron chi connectivity index (χ1n) is 4.74. The van der Waals surface area contributed by atoms with Crippen molar-refractivity contribution >= 4 is 6.09 Å². The third kappa shape index (κ3) is 1.37. The summed E-state index contributed by atoms with van der Waals surface area (Å²) >= 11 is 0. The van der Waals surface area contributed by atoms with Gasteiger partial charge in [0, 0.05) is 24.0 Å². The van der Waals surface area contributed by atoms with E-state index in [-0.39, 0.29) is 12.0 Å². The fourth-order valence-electron chi connectivity index (χ4n) is 2.60. The van der Waals surface area contributed by atoms with Gasteiger partial charge in [0.2, 0.25) is 0 Å². The summed E-state index contributed by atoms with van der Waals surface area (Å²) in [4.78, 5) is 15.0. The van der Waals surface area contributed by atoms with Crippen molar-refractivity contribution in [3.8, 4) is 0 Å². The lowest BCUT2D eigenvalue weighted by Crippen LogP contribution is -2.29. The maximum Gasteiger partial charge on any atom is 0.407 e. The third-order valence-electron chi connectivity index (χ3n) is 3.29. The number of fused-ring (bicyclic) bond motifs is 1. The first kappa shape index (κ1) is 9.15. The van der Waals surface area contributed by atoms with E-state index in [9.17, 15) is 4.79 Å². The average Bonchev–Trinajstić information content (AvgIpc) is 2.67. The van der Waals surface area contributed by atoms with E-state index in [2.05, 4.69) is 10.0 Å². The van der Waals surface area contributed by atoms with Crippen molar-refractivity contribution in [1.29, 1.82) is 0 Å². The zero-order valence-electron chi connectivity index (χ0n) is 7.70. The Labute approximate surface area is 81.1 Å². The van der Waals surface area contributed by atoms with Gasteiger partial charge in [0.1, 0.15) is 0 Å². The molecule has 0 spiro atoms. The van der Waals surface area contributed by atoms with E-state index >= 15 is 0 Å². The molecule has 14 heavy (non-hydrogen) atoms. The molecule has 2 aliphatic rings. The first-order chi connectivity index (χ1) is 6.72. The Morgan fingerprint density at radius 3 is 2.93 bits per heavy atom. The number of carbonyl (C=O) groups is 1. The third-order valence-corrected chi connectivity index (χ3v) is 3.29. The van der Waals surface area contributed by atoms with Gasteiger partial charge in [-0.25, -0.2) is 4.79 Å². The molecule has 6 heteroatoms. The lowest BCUT2D eigenvalue weighted by atomic mass is 9.98. The molecule has 0 radical (unpaired) electrons. The lowest BCUT2D eigenvalue weighted by molar-refractivity contribution is 0.152. The van der Waals surface area contributed by atoms with Crippen LogP contribution in [0.2, 0.25) is 0 Å². The van der Waals surface area contributed by atoms with Crippen LogP contribution in [0.15, 0.2) is 5.11 Å². The van der Waals surface area contributed by atoms with Gasteiger partial charge in [-0.1, -0.05) is 5.11 Å². The second-order valence-corrected chi connectivity index (χ2v) is 3.96. The highest BCUT2D eigenvalue weighted by atomic mass is 16.4. The van der Waals surface area contributed by atoms with Crippen molar-refractivity contribution in [2.75, 3.05) is 13.1 Å². The Balaban J connectivity index is 2.06. The molecule has 2 fully saturated rings. The second kappa shape index (κ2) is 3.38. The van der Waals surface area contributed by atoms with Crippen LogP contribution in [-0.2, 0) is 0 Å². The zero-order chi connectivity index (χ0) is 10.1. The largest absolute Gasteiger partial charge is 0.465 e. The second-order valence-electron chi connectivity index (χ2n) is 3.96. The van der Waals surface area contributed by atoms with Gasteiger partial charge in [0.15, 0.2) is 0 Å². The highest BCUT2D eigenvalue weighted by Gasteiger charge is 2.43. The number of nitrogens with zero attached hydrogens (tertiary/aromatic N) is 4. The quantitative estimate of drug-likeness (QED) is 0.392. The van der Waals surface area contributed by atoms with Crippen LogP contribution < -0.4 is 0 Å². The molecule has 0 aromatic heterocycles. The van der Waals surface area contributed by atoms with E-state index < -0.39 is 6.09 Å². The highest BCUT2D eigenvalue weighted by molar-refractivity contribution is 5.65. The molecule has 1 heterocycles. The molecule has 1 saturated heterocycles. The van der Waals surface area contributed by atoms with Crippen LogP contribution in [0.25, 0.3) is 10.4 Å². The topological polar surface area (TPSA) is 89.3 Å². The van der Waals surface area contributed by atoms with Crippen molar-refractivity contribution in [3.63, 3.8) is 0 Å². The molecule has 1 amide bonds. The number of rotatable bonds is 1. The van der Waals surface area contributed by atoms with Crippen molar-refractivity contribution < 1.29 is 9.90 Å². The average molecular weight is 196 g/mol. The fourth-order valence-corrected chi connectivity index (χ4v) is 2.60. The van der Waals surface area contributed by atoms with Crippen molar-refractivity contribution in [1.82, 2.24) is 4.90 Å². The standard InChI is InChI=1S/C8H12N4O2/c9-11-10-7-2-1-5-3-12(8(13)14)4-6(5)7/h5-7H,1-4H2,(H,13,14)/t5-,6+,7+/m0/s1. The van der Waals surface area contributed by atoms with E-state index in [0.29, 0.717) is 19.0 Å². The van der Waals surface area contributed by atoms with E-state index in [4.69, 9.17) is 10.6 Å².